The second-order valence-electron chi connectivity index (χ2n) is 6.82. The van der Waals surface area contributed by atoms with E-state index >= 15 is 0 Å². The third kappa shape index (κ3) is 4.52. The number of hydrogen-bond donors (Lipinski definition) is 1. The first-order chi connectivity index (χ1) is 12.6. The minimum absolute atomic E-state index is 0.000828. The van der Waals surface area contributed by atoms with Crippen LogP contribution in [0.1, 0.15) is 43.9 Å². The van der Waals surface area contributed by atoms with Crippen LogP contribution in [0.4, 0.5) is 5.82 Å². The number of carbonyl (C=O) groups excluding carboxylic acids is 1. The van der Waals surface area contributed by atoms with E-state index in [0.29, 0.717) is 11.7 Å². The number of nitrogens with zero attached hydrogens (tertiary/aromatic N) is 3. The average molecular weight is 373 g/mol. The summed E-state index contributed by atoms with van der Waals surface area (Å²) < 4.78 is 0. The Morgan fingerprint density at radius 1 is 1.27 bits per heavy atom. The highest BCUT2D eigenvalue weighted by atomic mass is 35.5. The fourth-order valence-electron chi connectivity index (χ4n) is 3.33. The summed E-state index contributed by atoms with van der Waals surface area (Å²) in [4.78, 5) is 14.8. The van der Waals surface area contributed by atoms with E-state index in [0.717, 1.165) is 37.2 Å². The van der Waals surface area contributed by atoms with Crippen molar-refractivity contribution in [3.63, 3.8) is 0 Å². The minimum atomic E-state index is -0.0430. The van der Waals surface area contributed by atoms with Crippen LogP contribution in [0.2, 0.25) is 5.15 Å². The van der Waals surface area contributed by atoms with Crippen LogP contribution in [0.5, 0.6) is 0 Å². The zero-order valence-electron chi connectivity index (χ0n) is 15.3. The van der Waals surface area contributed by atoms with Gasteiger partial charge in [0.15, 0.2) is 11.0 Å². The van der Waals surface area contributed by atoms with Crippen LogP contribution in [0, 0.1) is 5.92 Å². The molecular weight excluding hydrogens is 348 g/mol. The summed E-state index contributed by atoms with van der Waals surface area (Å²) in [6.07, 6.45) is 2.87. The highest BCUT2D eigenvalue weighted by molar-refractivity contribution is 6.29. The van der Waals surface area contributed by atoms with Crippen LogP contribution >= 0.6 is 11.6 Å². The molecule has 6 heteroatoms. The van der Waals surface area contributed by atoms with E-state index in [1.54, 1.807) is 6.07 Å². The molecule has 1 aliphatic rings. The van der Waals surface area contributed by atoms with Gasteiger partial charge in [0.25, 0.3) is 0 Å². The molecule has 5 nitrogen and oxygen atoms in total. The molecule has 2 atom stereocenters. The van der Waals surface area contributed by atoms with E-state index < -0.39 is 0 Å². The molecule has 0 unspecified atom stereocenters. The largest absolute Gasteiger partial charge is 0.354 e. The van der Waals surface area contributed by atoms with Crippen LogP contribution in [-0.2, 0) is 11.2 Å². The maximum atomic E-state index is 12.7. The van der Waals surface area contributed by atoms with Crippen LogP contribution in [0.25, 0.3) is 0 Å². The Hall–Kier alpha value is -2.14. The number of aryl methyl sites for hydroxylation is 1. The molecule has 1 saturated heterocycles. The van der Waals surface area contributed by atoms with Crippen LogP contribution in [-0.4, -0.2) is 29.2 Å². The van der Waals surface area contributed by atoms with Gasteiger partial charge in [0.05, 0.1) is 12.0 Å². The lowest BCUT2D eigenvalue weighted by atomic mass is 9.96. The molecule has 0 aliphatic carbocycles. The molecule has 0 spiro atoms. The van der Waals surface area contributed by atoms with Gasteiger partial charge in [-0.3, -0.25) is 4.79 Å². The molecular formula is C20H25ClN4O. The second-order valence-corrected chi connectivity index (χ2v) is 7.21. The Balaban J connectivity index is 1.60. The molecule has 0 saturated carbocycles. The number of carbonyl (C=O) groups is 1. The van der Waals surface area contributed by atoms with E-state index in [4.69, 9.17) is 11.6 Å². The number of amides is 1. The number of hydrogen-bond acceptors (Lipinski definition) is 4. The molecule has 1 aromatic carbocycles. The van der Waals surface area contributed by atoms with E-state index in [9.17, 15) is 4.79 Å². The zero-order valence-corrected chi connectivity index (χ0v) is 16.0. The number of nitrogens with one attached hydrogen (secondary N) is 1. The monoisotopic (exact) mass is 372 g/mol. The fraction of sp³-hybridized carbons (Fsp3) is 0.450. The molecule has 138 valence electrons. The first-order valence-corrected chi connectivity index (χ1v) is 9.58. The van der Waals surface area contributed by atoms with E-state index in [1.807, 2.05) is 13.0 Å². The molecule has 1 fully saturated rings. The third-order valence-electron chi connectivity index (χ3n) is 4.98. The Labute approximate surface area is 159 Å². The first kappa shape index (κ1) is 18.6. The molecule has 1 aliphatic heterocycles. The zero-order chi connectivity index (χ0) is 18.5. The number of benzene rings is 1. The van der Waals surface area contributed by atoms with Gasteiger partial charge >= 0.3 is 0 Å². The number of halogens is 1. The predicted molar refractivity (Wildman–Crippen MR) is 104 cm³/mol. The molecule has 26 heavy (non-hydrogen) atoms. The van der Waals surface area contributed by atoms with Gasteiger partial charge < -0.3 is 10.2 Å². The average Bonchev–Trinajstić information content (AvgIpc) is 2.68. The highest BCUT2D eigenvalue weighted by Crippen LogP contribution is 2.23. The standard InChI is InChI=1S/C20H25ClN4O/c1-3-15-6-8-16(9-7-15)14(2)22-20(26)17-5-4-12-25(13-17)19-11-10-18(21)23-24-19/h6-11,14,17H,3-5,12-13H2,1-2H3,(H,22,26)/t14-,17-/m1/s1. The van der Waals surface area contributed by atoms with Gasteiger partial charge in [-0.25, -0.2) is 0 Å². The van der Waals surface area contributed by atoms with Gasteiger partial charge in [-0.05, 0) is 49.4 Å². The van der Waals surface area contributed by atoms with Crippen molar-refractivity contribution in [3.8, 4) is 0 Å². The van der Waals surface area contributed by atoms with Crippen molar-refractivity contribution in [2.45, 2.75) is 39.2 Å². The molecule has 0 bridgehead atoms. The summed E-state index contributed by atoms with van der Waals surface area (Å²) in [5.41, 5.74) is 2.44. The minimum Gasteiger partial charge on any atom is -0.354 e. The number of anilines is 1. The van der Waals surface area contributed by atoms with Gasteiger partial charge in [-0.2, -0.15) is 0 Å². The quantitative estimate of drug-likeness (QED) is 0.867. The van der Waals surface area contributed by atoms with Gasteiger partial charge in [0, 0.05) is 13.1 Å². The van der Waals surface area contributed by atoms with Gasteiger partial charge in [-0.1, -0.05) is 42.8 Å². The van der Waals surface area contributed by atoms with Crippen molar-refractivity contribution < 1.29 is 4.79 Å². The summed E-state index contributed by atoms with van der Waals surface area (Å²) in [5, 5.41) is 11.6. The van der Waals surface area contributed by atoms with Gasteiger partial charge in [0.2, 0.25) is 5.91 Å². The van der Waals surface area contributed by atoms with Crippen molar-refractivity contribution >= 4 is 23.3 Å². The molecule has 0 radical (unpaired) electrons. The Kier molecular flexibility index (Phi) is 6.09. The summed E-state index contributed by atoms with van der Waals surface area (Å²) >= 11 is 5.81. The number of aromatic nitrogens is 2. The summed E-state index contributed by atoms with van der Waals surface area (Å²) in [5.74, 6) is 0.831. The molecule has 2 heterocycles. The van der Waals surface area contributed by atoms with Crippen molar-refractivity contribution in [1.82, 2.24) is 15.5 Å². The number of rotatable bonds is 5. The lowest BCUT2D eigenvalue weighted by Crippen LogP contribution is -2.44. The number of piperidine rings is 1. The summed E-state index contributed by atoms with van der Waals surface area (Å²) in [7, 11) is 0. The van der Waals surface area contributed by atoms with Crippen molar-refractivity contribution in [2.24, 2.45) is 5.92 Å². The molecule has 1 N–H and O–H groups in total. The topological polar surface area (TPSA) is 58.1 Å². The Morgan fingerprint density at radius 2 is 2.04 bits per heavy atom. The third-order valence-corrected chi connectivity index (χ3v) is 5.18. The molecule has 1 aromatic heterocycles. The first-order valence-electron chi connectivity index (χ1n) is 9.20. The predicted octanol–water partition coefficient (Wildman–Crippen LogP) is 3.79. The van der Waals surface area contributed by atoms with Gasteiger partial charge in [0.1, 0.15) is 0 Å². The maximum absolute atomic E-state index is 12.7. The summed E-state index contributed by atoms with van der Waals surface area (Å²) in [6.45, 7) is 5.71. The normalized spacial score (nSPS) is 18.4. The van der Waals surface area contributed by atoms with Crippen molar-refractivity contribution in [2.75, 3.05) is 18.0 Å². The van der Waals surface area contributed by atoms with E-state index in [2.05, 4.69) is 51.6 Å². The van der Waals surface area contributed by atoms with Crippen molar-refractivity contribution in [3.05, 3.63) is 52.7 Å². The Bertz CT molecular complexity index is 732. The molecule has 3 rings (SSSR count). The lowest BCUT2D eigenvalue weighted by molar-refractivity contribution is -0.125. The van der Waals surface area contributed by atoms with Gasteiger partial charge in [-0.15, -0.1) is 10.2 Å². The SMILES string of the molecule is CCc1ccc([C@@H](C)NC(=O)[C@@H]2CCCN(c3ccc(Cl)nn3)C2)cc1. The highest BCUT2D eigenvalue weighted by Gasteiger charge is 2.27. The van der Waals surface area contributed by atoms with E-state index in [1.165, 1.54) is 5.56 Å². The van der Waals surface area contributed by atoms with E-state index in [-0.39, 0.29) is 17.9 Å². The molecule has 1 amide bonds. The lowest BCUT2D eigenvalue weighted by Gasteiger charge is -2.33. The Morgan fingerprint density at radius 3 is 2.69 bits per heavy atom. The fourth-order valence-corrected chi connectivity index (χ4v) is 3.43. The van der Waals surface area contributed by atoms with Crippen LogP contribution in [0.3, 0.4) is 0 Å². The summed E-state index contributed by atoms with van der Waals surface area (Å²) in [6, 6.07) is 12.0. The second kappa shape index (κ2) is 8.49. The van der Waals surface area contributed by atoms with Crippen LogP contribution < -0.4 is 10.2 Å². The molecule has 2 aromatic rings. The maximum Gasteiger partial charge on any atom is 0.225 e. The van der Waals surface area contributed by atoms with Crippen molar-refractivity contribution in [1.29, 1.82) is 0 Å². The smallest absolute Gasteiger partial charge is 0.225 e. The van der Waals surface area contributed by atoms with Crippen LogP contribution in [0.15, 0.2) is 36.4 Å².